The van der Waals surface area contributed by atoms with Gasteiger partial charge in [-0.1, -0.05) is 25.6 Å². The molecule has 18 heavy (non-hydrogen) atoms. The van der Waals surface area contributed by atoms with E-state index in [4.69, 9.17) is 5.26 Å². The Morgan fingerprint density at radius 2 is 2.06 bits per heavy atom. The molecule has 0 heterocycles. The molecule has 0 aromatic heterocycles. The van der Waals surface area contributed by atoms with Crippen LogP contribution in [0.25, 0.3) is 0 Å². The van der Waals surface area contributed by atoms with Crippen molar-refractivity contribution in [1.82, 2.24) is 0 Å². The van der Waals surface area contributed by atoms with Gasteiger partial charge in [-0.05, 0) is 12.1 Å². The molecular formula is C12H12N2O3S. The van der Waals surface area contributed by atoms with Crippen molar-refractivity contribution >= 4 is 21.4 Å². The normalized spacial score (nSPS) is 10.4. The number of carbonyl (C=O) groups excluding carboxylic acids is 1. The van der Waals surface area contributed by atoms with Crippen LogP contribution < -0.4 is 5.32 Å². The third-order valence-corrected chi connectivity index (χ3v) is 3.90. The Morgan fingerprint density at radius 3 is 2.61 bits per heavy atom. The van der Waals surface area contributed by atoms with Crippen molar-refractivity contribution in [1.29, 1.82) is 5.26 Å². The Morgan fingerprint density at radius 1 is 1.44 bits per heavy atom. The van der Waals surface area contributed by atoms with E-state index < -0.39 is 14.7 Å². The first-order chi connectivity index (χ1) is 8.43. The van der Waals surface area contributed by atoms with Crippen molar-refractivity contribution in [3.8, 4) is 6.07 Å². The Hall–Kier alpha value is -2.13. The van der Waals surface area contributed by atoms with Crippen molar-refractivity contribution in [3.05, 3.63) is 35.7 Å². The zero-order chi connectivity index (χ0) is 13.8. The number of hydrogen-bond donors (Lipinski definition) is 1. The van der Waals surface area contributed by atoms with Crippen LogP contribution in [0.5, 0.6) is 0 Å². The van der Waals surface area contributed by atoms with E-state index >= 15 is 0 Å². The largest absolute Gasteiger partial charge is 0.325 e. The monoisotopic (exact) mass is 264 g/mol. The first-order valence-corrected chi connectivity index (χ1v) is 6.64. The summed E-state index contributed by atoms with van der Waals surface area (Å²) in [6.07, 6.45) is 0.230. The number of hydrogen-bond acceptors (Lipinski definition) is 4. The lowest BCUT2D eigenvalue weighted by atomic mass is 10.3. The summed E-state index contributed by atoms with van der Waals surface area (Å²) < 4.78 is 24.0. The molecule has 0 aliphatic carbocycles. The van der Waals surface area contributed by atoms with E-state index in [0.29, 0.717) is 0 Å². The summed E-state index contributed by atoms with van der Waals surface area (Å²) in [6.45, 7) is 4.85. The standard InChI is InChI=1S/C12H12N2O3S/c1-3-12(15)14-10-6-4-5-7-11(10)18(16,17)9(2)8-13/h4-7H,2-3H2,1H3,(H,14,15). The number of nitriles is 1. The number of nitrogens with one attached hydrogen (secondary N) is 1. The lowest BCUT2D eigenvalue weighted by molar-refractivity contribution is -0.115. The van der Waals surface area contributed by atoms with Crippen LogP contribution in [0, 0.1) is 11.3 Å². The number of amides is 1. The maximum atomic E-state index is 12.0. The van der Waals surface area contributed by atoms with E-state index in [2.05, 4.69) is 11.9 Å². The number of benzene rings is 1. The number of anilines is 1. The predicted molar refractivity (Wildman–Crippen MR) is 67.3 cm³/mol. The molecule has 5 nitrogen and oxygen atoms in total. The van der Waals surface area contributed by atoms with Crippen LogP contribution >= 0.6 is 0 Å². The fraction of sp³-hybridized carbons (Fsp3) is 0.167. The Balaban J connectivity index is 3.31. The van der Waals surface area contributed by atoms with Gasteiger partial charge in [-0.2, -0.15) is 5.26 Å². The van der Waals surface area contributed by atoms with Gasteiger partial charge in [0.15, 0.2) is 0 Å². The number of para-hydroxylation sites is 1. The minimum atomic E-state index is -3.94. The van der Waals surface area contributed by atoms with Gasteiger partial charge in [0.05, 0.1) is 10.6 Å². The number of nitrogens with zero attached hydrogens (tertiary/aromatic N) is 1. The molecule has 0 aliphatic heterocycles. The molecule has 1 rings (SSSR count). The maximum absolute atomic E-state index is 12.0. The summed E-state index contributed by atoms with van der Waals surface area (Å²) in [7, 11) is -3.94. The molecule has 94 valence electrons. The molecule has 0 fully saturated rings. The van der Waals surface area contributed by atoms with E-state index in [-0.39, 0.29) is 22.9 Å². The Kier molecular flexibility index (Phi) is 4.23. The topological polar surface area (TPSA) is 87.0 Å². The first kappa shape index (κ1) is 13.9. The highest BCUT2D eigenvalue weighted by Crippen LogP contribution is 2.25. The fourth-order valence-corrected chi connectivity index (χ4v) is 2.29. The van der Waals surface area contributed by atoms with Crippen molar-refractivity contribution in [2.75, 3.05) is 5.32 Å². The van der Waals surface area contributed by atoms with E-state index in [9.17, 15) is 13.2 Å². The summed E-state index contributed by atoms with van der Waals surface area (Å²) >= 11 is 0. The summed E-state index contributed by atoms with van der Waals surface area (Å²) in [5, 5.41) is 11.1. The van der Waals surface area contributed by atoms with Crippen LogP contribution in [0.4, 0.5) is 5.69 Å². The smallest absolute Gasteiger partial charge is 0.224 e. The minimum Gasteiger partial charge on any atom is -0.325 e. The van der Waals surface area contributed by atoms with Crippen LogP contribution in [0.15, 0.2) is 40.6 Å². The lowest BCUT2D eigenvalue weighted by Crippen LogP contribution is -2.13. The molecule has 1 amide bonds. The highest BCUT2D eigenvalue weighted by atomic mass is 32.2. The number of sulfone groups is 1. The van der Waals surface area contributed by atoms with E-state index in [0.717, 1.165) is 0 Å². The summed E-state index contributed by atoms with van der Waals surface area (Å²) in [5.74, 6) is -0.305. The van der Waals surface area contributed by atoms with E-state index in [1.165, 1.54) is 24.3 Å². The second kappa shape index (κ2) is 5.47. The SMILES string of the molecule is C=C(C#N)S(=O)(=O)c1ccccc1NC(=O)CC. The van der Waals surface area contributed by atoms with Crippen LogP contribution in [-0.4, -0.2) is 14.3 Å². The summed E-state index contributed by atoms with van der Waals surface area (Å²) in [5.41, 5.74) is 0.153. The van der Waals surface area contributed by atoms with Gasteiger partial charge in [0.2, 0.25) is 15.7 Å². The number of carbonyl (C=O) groups is 1. The minimum absolute atomic E-state index is 0.127. The fourth-order valence-electron chi connectivity index (χ4n) is 1.24. The van der Waals surface area contributed by atoms with Crippen molar-refractivity contribution in [3.63, 3.8) is 0 Å². The highest BCUT2D eigenvalue weighted by Gasteiger charge is 2.22. The second-order valence-electron chi connectivity index (χ2n) is 3.44. The number of rotatable bonds is 4. The number of allylic oxidation sites excluding steroid dienone is 1. The van der Waals surface area contributed by atoms with Gasteiger partial charge < -0.3 is 5.32 Å². The molecule has 0 atom stereocenters. The van der Waals surface area contributed by atoms with Gasteiger partial charge in [0, 0.05) is 6.42 Å². The van der Waals surface area contributed by atoms with E-state index in [1.807, 2.05) is 0 Å². The molecule has 1 aromatic carbocycles. The van der Waals surface area contributed by atoms with Crippen LogP contribution in [0.1, 0.15) is 13.3 Å². The molecule has 1 aromatic rings. The van der Waals surface area contributed by atoms with Gasteiger partial charge in [0.25, 0.3) is 0 Å². The predicted octanol–water partition coefficient (Wildman–Crippen LogP) is 1.85. The molecule has 6 heteroatoms. The molecule has 1 N–H and O–H groups in total. The molecule has 0 aliphatic rings. The van der Waals surface area contributed by atoms with Gasteiger partial charge in [-0.3, -0.25) is 4.79 Å². The Labute approximate surface area is 106 Å². The van der Waals surface area contributed by atoms with Crippen LogP contribution in [-0.2, 0) is 14.6 Å². The average Bonchev–Trinajstić information content (AvgIpc) is 2.37. The third-order valence-electron chi connectivity index (χ3n) is 2.22. The molecule has 0 saturated heterocycles. The first-order valence-electron chi connectivity index (χ1n) is 5.16. The summed E-state index contributed by atoms with van der Waals surface area (Å²) in [4.78, 5) is 10.6. The molecule has 0 unspecified atom stereocenters. The lowest BCUT2D eigenvalue weighted by Gasteiger charge is -2.09. The van der Waals surface area contributed by atoms with Gasteiger partial charge in [-0.15, -0.1) is 0 Å². The van der Waals surface area contributed by atoms with Crippen LogP contribution in [0.3, 0.4) is 0 Å². The molecular weight excluding hydrogens is 252 g/mol. The molecule has 0 spiro atoms. The van der Waals surface area contributed by atoms with Gasteiger partial charge in [-0.25, -0.2) is 8.42 Å². The van der Waals surface area contributed by atoms with Crippen molar-refractivity contribution in [2.45, 2.75) is 18.2 Å². The molecule has 0 saturated carbocycles. The third kappa shape index (κ3) is 2.76. The highest BCUT2D eigenvalue weighted by molar-refractivity contribution is 7.95. The second-order valence-corrected chi connectivity index (χ2v) is 5.38. The molecule has 0 bridgehead atoms. The van der Waals surface area contributed by atoms with Crippen LogP contribution in [0.2, 0.25) is 0 Å². The summed E-state index contributed by atoms with van der Waals surface area (Å²) in [6, 6.07) is 7.40. The van der Waals surface area contributed by atoms with E-state index in [1.54, 1.807) is 13.0 Å². The maximum Gasteiger partial charge on any atom is 0.224 e. The zero-order valence-corrected chi connectivity index (χ0v) is 10.6. The zero-order valence-electron chi connectivity index (χ0n) is 9.80. The average molecular weight is 264 g/mol. The quantitative estimate of drug-likeness (QED) is 0.841. The Bertz CT molecular complexity index is 627. The van der Waals surface area contributed by atoms with Crippen molar-refractivity contribution < 1.29 is 13.2 Å². The molecule has 0 radical (unpaired) electrons. The van der Waals surface area contributed by atoms with Gasteiger partial charge >= 0.3 is 0 Å². The van der Waals surface area contributed by atoms with Crippen molar-refractivity contribution in [2.24, 2.45) is 0 Å². The van der Waals surface area contributed by atoms with Gasteiger partial charge in [0.1, 0.15) is 11.0 Å².